The number of nitrogens with zero attached hydrogens (tertiary/aromatic N) is 1. The Bertz CT molecular complexity index is 786. The molecule has 0 atom stereocenters. The van der Waals surface area contributed by atoms with E-state index in [-0.39, 0.29) is 18.5 Å². The van der Waals surface area contributed by atoms with Crippen LogP contribution >= 0.6 is 0 Å². The van der Waals surface area contributed by atoms with E-state index in [2.05, 4.69) is 10.2 Å². The minimum Gasteiger partial charge on any atom is -0.454 e. The van der Waals surface area contributed by atoms with Gasteiger partial charge in [-0.1, -0.05) is 12.1 Å². The molecule has 26 heavy (non-hydrogen) atoms. The normalized spacial score (nSPS) is 17.3. The SMILES string of the molecule is O=C(CN1CCC(c2ccc(F)cc2)CC1)Nc1ccc2c(c1)OCO2. The fourth-order valence-electron chi connectivity index (χ4n) is 3.54. The third kappa shape index (κ3) is 3.80. The lowest BCUT2D eigenvalue weighted by Crippen LogP contribution is -2.38. The zero-order valence-electron chi connectivity index (χ0n) is 14.4. The molecule has 136 valence electrons. The van der Waals surface area contributed by atoms with Gasteiger partial charge in [0, 0.05) is 11.8 Å². The first-order chi connectivity index (χ1) is 12.7. The Morgan fingerprint density at radius 3 is 2.58 bits per heavy atom. The summed E-state index contributed by atoms with van der Waals surface area (Å²) in [5.74, 6) is 1.55. The van der Waals surface area contributed by atoms with E-state index in [1.54, 1.807) is 12.1 Å². The van der Waals surface area contributed by atoms with Gasteiger partial charge in [-0.15, -0.1) is 0 Å². The minimum absolute atomic E-state index is 0.0379. The van der Waals surface area contributed by atoms with E-state index in [4.69, 9.17) is 9.47 Å². The highest BCUT2D eigenvalue weighted by Gasteiger charge is 2.22. The summed E-state index contributed by atoms with van der Waals surface area (Å²) in [7, 11) is 0. The molecular formula is C20H21FN2O3. The third-order valence-electron chi connectivity index (χ3n) is 4.95. The maximum Gasteiger partial charge on any atom is 0.238 e. The number of amides is 1. The number of likely N-dealkylation sites (tertiary alicyclic amines) is 1. The Hall–Kier alpha value is -2.60. The first-order valence-electron chi connectivity index (χ1n) is 8.85. The number of ether oxygens (including phenoxy) is 2. The van der Waals surface area contributed by atoms with E-state index < -0.39 is 0 Å². The highest BCUT2D eigenvalue weighted by molar-refractivity contribution is 5.92. The van der Waals surface area contributed by atoms with Crippen LogP contribution in [0.2, 0.25) is 0 Å². The van der Waals surface area contributed by atoms with Crippen LogP contribution in [0.4, 0.5) is 10.1 Å². The second-order valence-electron chi connectivity index (χ2n) is 6.72. The van der Waals surface area contributed by atoms with Gasteiger partial charge in [-0.05, 0) is 61.7 Å². The summed E-state index contributed by atoms with van der Waals surface area (Å²) in [4.78, 5) is 14.5. The quantitative estimate of drug-likeness (QED) is 0.913. The van der Waals surface area contributed by atoms with Gasteiger partial charge in [0.25, 0.3) is 0 Å². The van der Waals surface area contributed by atoms with Gasteiger partial charge in [0.15, 0.2) is 11.5 Å². The number of piperidine rings is 1. The summed E-state index contributed by atoms with van der Waals surface area (Å²) >= 11 is 0. The van der Waals surface area contributed by atoms with Crippen LogP contribution in [0.3, 0.4) is 0 Å². The molecule has 2 aliphatic heterocycles. The van der Waals surface area contributed by atoms with E-state index in [1.807, 2.05) is 18.2 Å². The van der Waals surface area contributed by atoms with Crippen LogP contribution in [0.25, 0.3) is 0 Å². The average Bonchev–Trinajstić information content (AvgIpc) is 3.11. The Kier molecular flexibility index (Phi) is 4.75. The van der Waals surface area contributed by atoms with E-state index >= 15 is 0 Å². The number of halogens is 1. The maximum atomic E-state index is 13.0. The molecule has 6 heteroatoms. The number of hydrogen-bond donors (Lipinski definition) is 1. The van der Waals surface area contributed by atoms with Gasteiger partial charge in [-0.2, -0.15) is 0 Å². The van der Waals surface area contributed by atoms with Crippen molar-refractivity contribution in [1.82, 2.24) is 4.90 Å². The largest absolute Gasteiger partial charge is 0.454 e. The smallest absolute Gasteiger partial charge is 0.238 e. The molecule has 0 radical (unpaired) electrons. The van der Waals surface area contributed by atoms with Crippen LogP contribution in [-0.4, -0.2) is 37.2 Å². The second-order valence-corrected chi connectivity index (χ2v) is 6.72. The molecule has 2 heterocycles. The molecule has 0 unspecified atom stereocenters. The Morgan fingerprint density at radius 2 is 1.81 bits per heavy atom. The molecule has 2 aromatic rings. The van der Waals surface area contributed by atoms with Crippen molar-refractivity contribution in [3.05, 3.63) is 53.8 Å². The third-order valence-corrected chi connectivity index (χ3v) is 4.95. The number of carbonyl (C=O) groups is 1. The minimum atomic E-state index is -0.202. The molecule has 0 aliphatic carbocycles. The molecule has 1 saturated heterocycles. The van der Waals surface area contributed by atoms with Crippen molar-refractivity contribution in [3.8, 4) is 11.5 Å². The van der Waals surface area contributed by atoms with Crippen LogP contribution < -0.4 is 14.8 Å². The molecule has 1 fully saturated rings. The zero-order chi connectivity index (χ0) is 17.9. The molecular weight excluding hydrogens is 335 g/mol. The first kappa shape index (κ1) is 16.8. The van der Waals surface area contributed by atoms with Gasteiger partial charge in [0.2, 0.25) is 12.7 Å². The highest BCUT2D eigenvalue weighted by atomic mass is 19.1. The monoisotopic (exact) mass is 356 g/mol. The van der Waals surface area contributed by atoms with Crippen molar-refractivity contribution < 1.29 is 18.7 Å². The summed E-state index contributed by atoms with van der Waals surface area (Å²) in [6, 6.07) is 12.1. The van der Waals surface area contributed by atoms with E-state index in [0.717, 1.165) is 25.9 Å². The highest BCUT2D eigenvalue weighted by Crippen LogP contribution is 2.34. The topological polar surface area (TPSA) is 50.8 Å². The van der Waals surface area contributed by atoms with Crippen molar-refractivity contribution in [2.75, 3.05) is 31.7 Å². The summed E-state index contributed by atoms with van der Waals surface area (Å²) in [5, 5.41) is 2.91. The summed E-state index contributed by atoms with van der Waals surface area (Å²) in [6.07, 6.45) is 1.95. The molecule has 4 rings (SSSR count). The second kappa shape index (κ2) is 7.33. The average molecular weight is 356 g/mol. The van der Waals surface area contributed by atoms with Crippen LogP contribution in [0.5, 0.6) is 11.5 Å². The lowest BCUT2D eigenvalue weighted by atomic mass is 9.89. The standard InChI is InChI=1S/C20H21FN2O3/c21-16-3-1-14(2-4-16)15-7-9-23(10-8-15)12-20(24)22-17-5-6-18-19(11-17)26-13-25-18/h1-6,11,15H,7-10,12-13H2,(H,22,24). The number of benzene rings is 2. The van der Waals surface area contributed by atoms with Crippen LogP contribution in [0.15, 0.2) is 42.5 Å². The van der Waals surface area contributed by atoms with E-state index in [0.29, 0.717) is 29.6 Å². The Morgan fingerprint density at radius 1 is 1.08 bits per heavy atom. The fourth-order valence-corrected chi connectivity index (χ4v) is 3.54. The lowest BCUT2D eigenvalue weighted by Gasteiger charge is -2.31. The molecule has 2 aromatic carbocycles. The van der Waals surface area contributed by atoms with Gasteiger partial charge >= 0.3 is 0 Å². The van der Waals surface area contributed by atoms with E-state index in [1.165, 1.54) is 17.7 Å². The first-order valence-corrected chi connectivity index (χ1v) is 8.85. The zero-order valence-corrected chi connectivity index (χ0v) is 14.4. The fraction of sp³-hybridized carbons (Fsp3) is 0.350. The molecule has 0 aromatic heterocycles. The Labute approximate surface area is 151 Å². The van der Waals surface area contributed by atoms with Gasteiger partial charge in [-0.3, -0.25) is 9.69 Å². The molecule has 1 N–H and O–H groups in total. The summed E-state index contributed by atoms with van der Waals surface area (Å²) in [6.45, 7) is 2.30. The van der Waals surface area contributed by atoms with Crippen molar-refractivity contribution >= 4 is 11.6 Å². The number of anilines is 1. The van der Waals surface area contributed by atoms with Crippen molar-refractivity contribution in [3.63, 3.8) is 0 Å². The van der Waals surface area contributed by atoms with Crippen LogP contribution in [-0.2, 0) is 4.79 Å². The van der Waals surface area contributed by atoms with E-state index in [9.17, 15) is 9.18 Å². The maximum absolute atomic E-state index is 13.0. The van der Waals surface area contributed by atoms with Gasteiger partial charge in [0.1, 0.15) is 5.82 Å². The lowest BCUT2D eigenvalue weighted by molar-refractivity contribution is -0.117. The molecule has 5 nitrogen and oxygen atoms in total. The number of fused-ring (bicyclic) bond motifs is 1. The number of hydrogen-bond acceptors (Lipinski definition) is 4. The van der Waals surface area contributed by atoms with Crippen molar-refractivity contribution in [2.24, 2.45) is 0 Å². The predicted octanol–water partition coefficient (Wildman–Crippen LogP) is 3.37. The van der Waals surface area contributed by atoms with Crippen molar-refractivity contribution in [1.29, 1.82) is 0 Å². The van der Waals surface area contributed by atoms with Crippen LogP contribution in [0, 0.1) is 5.82 Å². The Balaban J connectivity index is 1.27. The molecule has 0 spiro atoms. The van der Waals surface area contributed by atoms with Gasteiger partial charge < -0.3 is 14.8 Å². The summed E-state index contributed by atoms with van der Waals surface area (Å²) < 4.78 is 23.6. The summed E-state index contributed by atoms with van der Waals surface area (Å²) in [5.41, 5.74) is 1.89. The number of nitrogens with one attached hydrogen (secondary N) is 1. The van der Waals surface area contributed by atoms with Crippen LogP contribution in [0.1, 0.15) is 24.3 Å². The van der Waals surface area contributed by atoms with Crippen molar-refractivity contribution in [2.45, 2.75) is 18.8 Å². The molecule has 0 bridgehead atoms. The molecule has 0 saturated carbocycles. The number of rotatable bonds is 4. The number of carbonyl (C=O) groups excluding carboxylic acids is 1. The van der Waals surface area contributed by atoms with Gasteiger partial charge in [0.05, 0.1) is 6.54 Å². The molecule has 2 aliphatic rings. The predicted molar refractivity (Wildman–Crippen MR) is 96.0 cm³/mol. The van der Waals surface area contributed by atoms with Gasteiger partial charge in [-0.25, -0.2) is 4.39 Å². The molecule has 1 amide bonds.